The van der Waals surface area contributed by atoms with E-state index in [-0.39, 0.29) is 0 Å². The molecule has 0 spiro atoms. The molecule has 170 valence electrons. The molecule has 1 fully saturated rings. The SMILES string of the molecule is CCCCCCC1CCC(CCc2ccc(-c3ccc(C(F)(F)F)c(F)c3)cc2)CC1. The van der Waals surface area contributed by atoms with E-state index < -0.39 is 17.6 Å². The first-order chi connectivity index (χ1) is 14.9. The van der Waals surface area contributed by atoms with Gasteiger partial charge in [0, 0.05) is 0 Å². The fourth-order valence-corrected chi connectivity index (χ4v) is 4.83. The third-order valence-electron chi connectivity index (χ3n) is 6.84. The highest BCUT2D eigenvalue weighted by Crippen LogP contribution is 2.35. The van der Waals surface area contributed by atoms with Gasteiger partial charge in [-0.1, -0.05) is 95.0 Å². The highest BCUT2D eigenvalue weighted by Gasteiger charge is 2.33. The zero-order valence-corrected chi connectivity index (χ0v) is 18.5. The van der Waals surface area contributed by atoms with Crippen molar-refractivity contribution in [1.29, 1.82) is 0 Å². The Morgan fingerprint density at radius 2 is 1.39 bits per heavy atom. The van der Waals surface area contributed by atoms with E-state index in [0.29, 0.717) is 5.56 Å². The minimum absolute atomic E-state index is 0.467. The summed E-state index contributed by atoms with van der Waals surface area (Å²) in [6, 6.07) is 10.9. The van der Waals surface area contributed by atoms with Gasteiger partial charge in [-0.05, 0) is 53.5 Å². The molecule has 0 atom stereocenters. The van der Waals surface area contributed by atoms with Crippen LogP contribution in [0.2, 0.25) is 0 Å². The van der Waals surface area contributed by atoms with E-state index >= 15 is 0 Å². The number of benzene rings is 2. The summed E-state index contributed by atoms with van der Waals surface area (Å²) in [6.07, 6.45) is 9.79. The van der Waals surface area contributed by atoms with Crippen molar-refractivity contribution in [1.82, 2.24) is 0 Å². The molecule has 0 amide bonds. The fourth-order valence-electron chi connectivity index (χ4n) is 4.83. The van der Waals surface area contributed by atoms with E-state index in [4.69, 9.17) is 0 Å². The second-order valence-electron chi connectivity index (χ2n) is 9.16. The standard InChI is InChI=1S/C27H34F4/c1-2-3-4-5-6-20-7-9-21(10-8-20)11-12-22-13-15-23(16-14-22)24-17-18-25(26(28)19-24)27(29,30)31/h13-21H,2-12H2,1H3. The first-order valence-electron chi connectivity index (χ1n) is 11.8. The molecular formula is C27H34F4. The number of hydrogen-bond donors (Lipinski definition) is 0. The number of alkyl halides is 3. The van der Waals surface area contributed by atoms with Gasteiger partial charge in [0.25, 0.3) is 0 Å². The molecule has 0 N–H and O–H groups in total. The highest BCUT2D eigenvalue weighted by molar-refractivity contribution is 5.64. The maximum absolute atomic E-state index is 13.8. The molecule has 2 aromatic carbocycles. The van der Waals surface area contributed by atoms with Crippen molar-refractivity contribution >= 4 is 0 Å². The van der Waals surface area contributed by atoms with Crippen LogP contribution in [0.3, 0.4) is 0 Å². The number of aryl methyl sites for hydroxylation is 1. The van der Waals surface area contributed by atoms with Crippen molar-refractivity contribution in [3.8, 4) is 11.1 Å². The lowest BCUT2D eigenvalue weighted by Crippen LogP contribution is -2.15. The van der Waals surface area contributed by atoms with Crippen LogP contribution in [0, 0.1) is 17.7 Å². The van der Waals surface area contributed by atoms with E-state index in [1.165, 1.54) is 75.8 Å². The average Bonchev–Trinajstić information content (AvgIpc) is 2.75. The molecule has 0 heterocycles. The number of unbranched alkanes of at least 4 members (excludes halogenated alkanes) is 3. The molecule has 0 saturated heterocycles. The van der Waals surface area contributed by atoms with Crippen LogP contribution in [0.4, 0.5) is 17.6 Å². The molecule has 4 heteroatoms. The first-order valence-corrected chi connectivity index (χ1v) is 11.8. The smallest absolute Gasteiger partial charge is 0.206 e. The zero-order chi connectivity index (χ0) is 22.3. The van der Waals surface area contributed by atoms with Gasteiger partial charge in [-0.25, -0.2) is 4.39 Å². The van der Waals surface area contributed by atoms with Crippen LogP contribution in [0.5, 0.6) is 0 Å². The van der Waals surface area contributed by atoms with E-state index in [9.17, 15) is 17.6 Å². The van der Waals surface area contributed by atoms with Crippen molar-refractivity contribution in [2.45, 2.75) is 83.7 Å². The van der Waals surface area contributed by atoms with Crippen LogP contribution in [-0.2, 0) is 12.6 Å². The van der Waals surface area contributed by atoms with Crippen molar-refractivity contribution < 1.29 is 17.6 Å². The van der Waals surface area contributed by atoms with Crippen LogP contribution < -0.4 is 0 Å². The molecular weight excluding hydrogens is 400 g/mol. The van der Waals surface area contributed by atoms with Gasteiger partial charge in [-0.3, -0.25) is 0 Å². The largest absolute Gasteiger partial charge is 0.419 e. The Kier molecular flexibility index (Phi) is 8.57. The van der Waals surface area contributed by atoms with Gasteiger partial charge in [0.1, 0.15) is 5.82 Å². The van der Waals surface area contributed by atoms with Gasteiger partial charge in [-0.2, -0.15) is 13.2 Å². The van der Waals surface area contributed by atoms with Crippen LogP contribution in [0.1, 0.15) is 82.3 Å². The molecule has 0 radical (unpaired) electrons. The molecule has 1 aliphatic carbocycles. The quantitative estimate of drug-likeness (QED) is 0.272. The molecule has 0 nitrogen and oxygen atoms in total. The normalized spacial score (nSPS) is 19.5. The van der Waals surface area contributed by atoms with E-state index in [1.807, 2.05) is 24.3 Å². The van der Waals surface area contributed by atoms with Crippen LogP contribution in [0.15, 0.2) is 42.5 Å². The Morgan fingerprint density at radius 3 is 1.97 bits per heavy atom. The molecule has 0 aliphatic heterocycles. The summed E-state index contributed by atoms with van der Waals surface area (Å²) in [7, 11) is 0. The molecule has 1 saturated carbocycles. The van der Waals surface area contributed by atoms with Crippen LogP contribution in [-0.4, -0.2) is 0 Å². The molecule has 31 heavy (non-hydrogen) atoms. The molecule has 1 aliphatic rings. The lowest BCUT2D eigenvalue weighted by Gasteiger charge is -2.28. The zero-order valence-electron chi connectivity index (χ0n) is 18.5. The molecule has 0 unspecified atom stereocenters. The third-order valence-corrected chi connectivity index (χ3v) is 6.84. The lowest BCUT2D eigenvalue weighted by atomic mass is 9.77. The lowest BCUT2D eigenvalue weighted by molar-refractivity contribution is -0.139. The van der Waals surface area contributed by atoms with Gasteiger partial charge in [0.05, 0.1) is 5.56 Å². The summed E-state index contributed by atoms with van der Waals surface area (Å²) in [5, 5.41) is 0. The summed E-state index contributed by atoms with van der Waals surface area (Å²) < 4.78 is 52.1. The van der Waals surface area contributed by atoms with E-state index in [2.05, 4.69) is 6.92 Å². The minimum atomic E-state index is -4.67. The molecule has 0 aromatic heterocycles. The Morgan fingerprint density at radius 1 is 0.774 bits per heavy atom. The summed E-state index contributed by atoms with van der Waals surface area (Å²) in [5.74, 6) is 0.502. The molecule has 3 rings (SSSR count). The third kappa shape index (κ3) is 7.08. The van der Waals surface area contributed by atoms with E-state index in [0.717, 1.165) is 36.0 Å². The Balaban J connectivity index is 1.46. The van der Waals surface area contributed by atoms with Gasteiger partial charge in [0.15, 0.2) is 0 Å². The van der Waals surface area contributed by atoms with Gasteiger partial charge in [-0.15, -0.1) is 0 Å². The summed E-state index contributed by atoms with van der Waals surface area (Å²) >= 11 is 0. The Labute approximate surface area is 184 Å². The first kappa shape index (κ1) is 23.8. The average molecular weight is 435 g/mol. The Hall–Kier alpha value is -1.84. The highest BCUT2D eigenvalue weighted by atomic mass is 19.4. The second-order valence-corrected chi connectivity index (χ2v) is 9.16. The number of hydrogen-bond acceptors (Lipinski definition) is 0. The van der Waals surface area contributed by atoms with Crippen molar-refractivity contribution in [2.24, 2.45) is 11.8 Å². The maximum Gasteiger partial charge on any atom is 0.419 e. The summed E-state index contributed by atoms with van der Waals surface area (Å²) in [6.45, 7) is 2.26. The predicted octanol–water partition coefficient (Wildman–Crippen LogP) is 9.22. The molecule has 0 bridgehead atoms. The minimum Gasteiger partial charge on any atom is -0.206 e. The van der Waals surface area contributed by atoms with Crippen LogP contribution in [0.25, 0.3) is 11.1 Å². The predicted molar refractivity (Wildman–Crippen MR) is 119 cm³/mol. The van der Waals surface area contributed by atoms with Crippen molar-refractivity contribution in [3.05, 3.63) is 59.4 Å². The Bertz CT molecular complexity index is 799. The molecule has 2 aromatic rings. The second kappa shape index (κ2) is 11.2. The number of rotatable bonds is 9. The van der Waals surface area contributed by atoms with E-state index in [1.54, 1.807) is 0 Å². The maximum atomic E-state index is 13.8. The monoisotopic (exact) mass is 434 g/mol. The van der Waals surface area contributed by atoms with Crippen LogP contribution >= 0.6 is 0 Å². The fraction of sp³-hybridized carbons (Fsp3) is 0.556. The topological polar surface area (TPSA) is 0 Å². The van der Waals surface area contributed by atoms with Crippen molar-refractivity contribution in [2.75, 3.05) is 0 Å². The van der Waals surface area contributed by atoms with Crippen molar-refractivity contribution in [3.63, 3.8) is 0 Å². The van der Waals surface area contributed by atoms with Gasteiger partial charge >= 0.3 is 6.18 Å². The number of halogens is 4. The van der Waals surface area contributed by atoms with Gasteiger partial charge in [0.2, 0.25) is 0 Å². The van der Waals surface area contributed by atoms with Gasteiger partial charge < -0.3 is 0 Å². The summed E-state index contributed by atoms with van der Waals surface area (Å²) in [4.78, 5) is 0. The summed E-state index contributed by atoms with van der Waals surface area (Å²) in [5.41, 5.74) is 1.22.